The van der Waals surface area contributed by atoms with E-state index in [0.717, 1.165) is 57.1 Å². The molecule has 0 amide bonds. The van der Waals surface area contributed by atoms with E-state index in [2.05, 4.69) is 56.2 Å². The second-order valence-electron chi connectivity index (χ2n) is 9.37. The first kappa shape index (κ1) is 19.0. The molecule has 1 aromatic carbocycles. The van der Waals surface area contributed by atoms with Gasteiger partial charge in [-0.1, -0.05) is 30.3 Å². The van der Waals surface area contributed by atoms with Crippen molar-refractivity contribution in [1.29, 1.82) is 0 Å². The SMILES string of the molecule is O=c1c(-c2nccn2[C@H]2CCN(Cc3ccccc3)C2)ccc2n1C[C@@H]1CNC[C@H]2C1. The molecule has 0 saturated carbocycles. The number of aromatic nitrogens is 3. The van der Waals surface area contributed by atoms with Crippen LogP contribution >= 0.6 is 0 Å². The molecule has 3 aliphatic rings. The van der Waals surface area contributed by atoms with E-state index in [1.807, 2.05) is 23.0 Å². The van der Waals surface area contributed by atoms with Crippen molar-refractivity contribution in [2.45, 2.75) is 37.9 Å². The summed E-state index contributed by atoms with van der Waals surface area (Å²) in [6.07, 6.45) is 6.17. The van der Waals surface area contributed by atoms with Crippen molar-refractivity contribution in [3.8, 4) is 11.4 Å². The van der Waals surface area contributed by atoms with Crippen molar-refractivity contribution < 1.29 is 0 Å². The van der Waals surface area contributed by atoms with Crippen LogP contribution in [0.15, 0.2) is 59.7 Å². The summed E-state index contributed by atoms with van der Waals surface area (Å²) in [7, 11) is 0. The molecule has 0 radical (unpaired) electrons. The number of hydrogen-bond acceptors (Lipinski definition) is 4. The van der Waals surface area contributed by atoms with Crippen LogP contribution in [-0.2, 0) is 13.1 Å². The Morgan fingerprint density at radius 2 is 1.97 bits per heavy atom. The van der Waals surface area contributed by atoms with Crippen molar-refractivity contribution in [1.82, 2.24) is 24.3 Å². The number of benzene rings is 1. The summed E-state index contributed by atoms with van der Waals surface area (Å²) in [5, 5.41) is 3.52. The summed E-state index contributed by atoms with van der Waals surface area (Å²) in [5.41, 5.74) is 3.40. The number of hydrogen-bond donors (Lipinski definition) is 1. The number of nitrogens with one attached hydrogen (secondary N) is 1. The molecule has 3 atom stereocenters. The largest absolute Gasteiger partial charge is 0.326 e. The highest BCUT2D eigenvalue weighted by Crippen LogP contribution is 2.33. The minimum atomic E-state index is 0.126. The van der Waals surface area contributed by atoms with Crippen LogP contribution in [0.5, 0.6) is 0 Å². The van der Waals surface area contributed by atoms with Crippen molar-refractivity contribution >= 4 is 0 Å². The maximum atomic E-state index is 13.5. The van der Waals surface area contributed by atoms with E-state index in [1.54, 1.807) is 0 Å². The van der Waals surface area contributed by atoms with Crippen LogP contribution in [-0.4, -0.2) is 45.2 Å². The average Bonchev–Trinajstić information content (AvgIpc) is 3.45. The van der Waals surface area contributed by atoms with Crippen LogP contribution in [0.25, 0.3) is 11.4 Å². The zero-order chi connectivity index (χ0) is 20.8. The third kappa shape index (κ3) is 3.44. The van der Waals surface area contributed by atoms with Gasteiger partial charge >= 0.3 is 0 Å². The number of rotatable bonds is 4. The molecule has 6 rings (SSSR count). The van der Waals surface area contributed by atoms with E-state index >= 15 is 0 Å². The van der Waals surface area contributed by atoms with Gasteiger partial charge in [0, 0.05) is 62.8 Å². The Kier molecular flexibility index (Phi) is 4.77. The van der Waals surface area contributed by atoms with Gasteiger partial charge in [-0.3, -0.25) is 9.69 Å². The Morgan fingerprint density at radius 1 is 1.06 bits per heavy atom. The Morgan fingerprint density at radius 3 is 2.87 bits per heavy atom. The number of nitrogens with zero attached hydrogens (tertiary/aromatic N) is 4. The summed E-state index contributed by atoms with van der Waals surface area (Å²) in [4.78, 5) is 20.6. The van der Waals surface area contributed by atoms with Gasteiger partial charge in [-0.25, -0.2) is 4.98 Å². The molecule has 0 aliphatic carbocycles. The Hall–Kier alpha value is -2.70. The fourth-order valence-corrected chi connectivity index (χ4v) is 5.80. The molecule has 3 aliphatic heterocycles. The Balaban J connectivity index is 1.27. The van der Waals surface area contributed by atoms with Crippen LogP contribution in [0.4, 0.5) is 0 Å². The lowest BCUT2D eigenvalue weighted by Gasteiger charge is -2.37. The number of pyridine rings is 1. The van der Waals surface area contributed by atoms with Gasteiger partial charge in [-0.05, 0) is 43.0 Å². The molecular formula is C25H29N5O. The second kappa shape index (κ2) is 7.77. The van der Waals surface area contributed by atoms with Crippen molar-refractivity contribution in [3.05, 3.63) is 76.5 Å². The highest BCUT2D eigenvalue weighted by Gasteiger charge is 2.32. The highest BCUT2D eigenvalue weighted by atomic mass is 16.1. The van der Waals surface area contributed by atoms with Crippen LogP contribution < -0.4 is 10.9 Å². The zero-order valence-electron chi connectivity index (χ0n) is 17.8. The normalized spacial score (nSPS) is 25.5. The number of piperidine rings is 1. The molecule has 2 fully saturated rings. The molecule has 3 aromatic rings. The summed E-state index contributed by atoms with van der Waals surface area (Å²) in [6.45, 7) is 5.83. The Labute approximate surface area is 182 Å². The van der Waals surface area contributed by atoms with Gasteiger partial charge in [0.25, 0.3) is 5.56 Å². The summed E-state index contributed by atoms with van der Waals surface area (Å²) >= 11 is 0. The van der Waals surface area contributed by atoms with E-state index in [4.69, 9.17) is 0 Å². The smallest absolute Gasteiger partial charge is 0.261 e. The molecule has 2 aromatic heterocycles. The number of imidazole rings is 1. The molecule has 5 heterocycles. The van der Waals surface area contributed by atoms with E-state index in [-0.39, 0.29) is 5.56 Å². The highest BCUT2D eigenvalue weighted by molar-refractivity contribution is 5.55. The quantitative estimate of drug-likeness (QED) is 0.712. The van der Waals surface area contributed by atoms with E-state index in [9.17, 15) is 4.79 Å². The van der Waals surface area contributed by atoms with Gasteiger partial charge in [0.1, 0.15) is 5.82 Å². The van der Waals surface area contributed by atoms with Gasteiger partial charge in [0.05, 0.1) is 5.56 Å². The molecular weight excluding hydrogens is 386 g/mol. The molecule has 6 heteroatoms. The molecule has 2 saturated heterocycles. The van der Waals surface area contributed by atoms with Crippen molar-refractivity contribution in [2.75, 3.05) is 26.2 Å². The van der Waals surface area contributed by atoms with Gasteiger partial charge < -0.3 is 14.5 Å². The molecule has 0 unspecified atom stereocenters. The third-order valence-electron chi connectivity index (χ3n) is 7.31. The molecule has 6 nitrogen and oxygen atoms in total. The van der Waals surface area contributed by atoms with Crippen LogP contribution in [0.2, 0.25) is 0 Å². The van der Waals surface area contributed by atoms with Crippen molar-refractivity contribution in [2.24, 2.45) is 5.92 Å². The van der Waals surface area contributed by atoms with Gasteiger partial charge in [0.15, 0.2) is 0 Å². The fourth-order valence-electron chi connectivity index (χ4n) is 5.80. The first-order chi connectivity index (χ1) is 15.3. The van der Waals surface area contributed by atoms with E-state index in [0.29, 0.717) is 17.9 Å². The monoisotopic (exact) mass is 415 g/mol. The molecule has 31 heavy (non-hydrogen) atoms. The van der Waals surface area contributed by atoms with Gasteiger partial charge in [0.2, 0.25) is 0 Å². The van der Waals surface area contributed by atoms with E-state index < -0.39 is 0 Å². The maximum absolute atomic E-state index is 13.5. The predicted molar refractivity (Wildman–Crippen MR) is 121 cm³/mol. The average molecular weight is 416 g/mol. The Bertz CT molecular complexity index is 1130. The summed E-state index contributed by atoms with van der Waals surface area (Å²) in [5.74, 6) is 1.83. The lowest BCUT2D eigenvalue weighted by molar-refractivity contribution is 0.257. The van der Waals surface area contributed by atoms with Gasteiger partial charge in [-0.15, -0.1) is 0 Å². The molecule has 0 spiro atoms. The molecule has 1 N–H and O–H groups in total. The predicted octanol–water partition coefficient (Wildman–Crippen LogP) is 2.87. The van der Waals surface area contributed by atoms with Gasteiger partial charge in [-0.2, -0.15) is 0 Å². The fraction of sp³-hybridized carbons (Fsp3) is 0.440. The first-order valence-corrected chi connectivity index (χ1v) is 11.5. The zero-order valence-corrected chi connectivity index (χ0v) is 17.8. The third-order valence-corrected chi connectivity index (χ3v) is 7.31. The summed E-state index contributed by atoms with van der Waals surface area (Å²) < 4.78 is 4.27. The topological polar surface area (TPSA) is 55.1 Å². The number of fused-ring (bicyclic) bond motifs is 4. The lowest BCUT2D eigenvalue weighted by atomic mass is 9.84. The molecule has 2 bridgehead atoms. The lowest BCUT2D eigenvalue weighted by Crippen LogP contribution is -2.45. The van der Waals surface area contributed by atoms with Crippen LogP contribution in [0.1, 0.15) is 36.1 Å². The minimum absolute atomic E-state index is 0.126. The first-order valence-electron chi connectivity index (χ1n) is 11.5. The second-order valence-corrected chi connectivity index (χ2v) is 9.37. The minimum Gasteiger partial charge on any atom is -0.326 e. The summed E-state index contributed by atoms with van der Waals surface area (Å²) in [6, 6.07) is 15.2. The van der Waals surface area contributed by atoms with Crippen molar-refractivity contribution in [3.63, 3.8) is 0 Å². The molecule has 160 valence electrons. The van der Waals surface area contributed by atoms with Crippen LogP contribution in [0, 0.1) is 5.92 Å². The maximum Gasteiger partial charge on any atom is 0.261 e. The van der Waals surface area contributed by atoms with E-state index in [1.165, 1.54) is 17.7 Å². The standard InChI is InChI=1S/C25H29N5O/c31-25-22(6-7-23-20-12-19(13-26-14-20)16-30(23)25)24-27-9-11-29(24)21-8-10-28(17-21)15-18-4-2-1-3-5-18/h1-7,9,11,19-21,26H,8,10,12-17H2/t19-,20+,21-/m0/s1. The van der Waals surface area contributed by atoms with Crippen LogP contribution in [0.3, 0.4) is 0 Å². The number of likely N-dealkylation sites (tertiary alicyclic amines) is 1.